The van der Waals surface area contributed by atoms with Gasteiger partial charge in [-0.05, 0) is 36.6 Å². The van der Waals surface area contributed by atoms with Gasteiger partial charge >= 0.3 is 0 Å². The van der Waals surface area contributed by atoms with E-state index in [0.717, 1.165) is 11.4 Å². The van der Waals surface area contributed by atoms with Crippen molar-refractivity contribution in [2.45, 2.75) is 33.4 Å². The van der Waals surface area contributed by atoms with Crippen LogP contribution in [0.15, 0.2) is 30.5 Å². The first-order chi connectivity index (χ1) is 9.99. The fourth-order valence-corrected chi connectivity index (χ4v) is 2.60. The topological polar surface area (TPSA) is 37.8 Å². The first-order valence-corrected chi connectivity index (χ1v) is 7.70. The second kappa shape index (κ2) is 7.21. The number of hydrogen-bond donors (Lipinski definition) is 1. The molecule has 0 saturated heterocycles. The van der Waals surface area contributed by atoms with Gasteiger partial charge < -0.3 is 5.32 Å². The normalized spacial score (nSPS) is 12.7. The lowest BCUT2D eigenvalue weighted by atomic mass is 9.97. The second-order valence-corrected chi connectivity index (χ2v) is 6.17. The molecule has 0 radical (unpaired) electrons. The van der Waals surface area contributed by atoms with Gasteiger partial charge in [0, 0.05) is 12.7 Å². The fraction of sp³-hybridized carbons (Fsp3) is 0.375. The smallest absolute Gasteiger partial charge is 0.129 e. The average molecular weight is 324 g/mol. The van der Waals surface area contributed by atoms with Gasteiger partial charge in [-0.2, -0.15) is 0 Å². The van der Waals surface area contributed by atoms with E-state index < -0.39 is 0 Å². The monoisotopic (exact) mass is 323 g/mol. The summed E-state index contributed by atoms with van der Waals surface area (Å²) < 4.78 is 0. The van der Waals surface area contributed by atoms with Gasteiger partial charge in [0.05, 0.1) is 22.5 Å². The molecule has 0 aromatic carbocycles. The lowest BCUT2D eigenvalue weighted by Gasteiger charge is -2.23. The molecule has 3 nitrogen and oxygen atoms in total. The van der Waals surface area contributed by atoms with Gasteiger partial charge in [-0.25, -0.2) is 4.98 Å². The van der Waals surface area contributed by atoms with Gasteiger partial charge in [0.1, 0.15) is 5.15 Å². The Labute approximate surface area is 135 Å². The Morgan fingerprint density at radius 1 is 1.19 bits per heavy atom. The van der Waals surface area contributed by atoms with E-state index in [2.05, 4.69) is 42.1 Å². The fourth-order valence-electron chi connectivity index (χ4n) is 2.26. The van der Waals surface area contributed by atoms with Crippen LogP contribution in [0.4, 0.5) is 0 Å². The molecule has 0 aliphatic carbocycles. The molecule has 1 N–H and O–H groups in total. The van der Waals surface area contributed by atoms with E-state index in [1.807, 2.05) is 12.3 Å². The molecule has 0 saturated carbocycles. The van der Waals surface area contributed by atoms with Gasteiger partial charge in [0.2, 0.25) is 0 Å². The SMILES string of the molecule is Cc1cccnc1[C@@H](NCc1nc(Cl)ccc1Cl)C(C)C. The van der Waals surface area contributed by atoms with E-state index in [-0.39, 0.29) is 6.04 Å². The highest BCUT2D eigenvalue weighted by Gasteiger charge is 2.19. The summed E-state index contributed by atoms with van der Waals surface area (Å²) in [5, 5.41) is 4.56. The summed E-state index contributed by atoms with van der Waals surface area (Å²) in [6.07, 6.45) is 1.82. The maximum Gasteiger partial charge on any atom is 0.129 e. The molecule has 0 unspecified atom stereocenters. The highest BCUT2D eigenvalue weighted by Crippen LogP contribution is 2.24. The van der Waals surface area contributed by atoms with E-state index in [9.17, 15) is 0 Å². The van der Waals surface area contributed by atoms with E-state index in [4.69, 9.17) is 23.2 Å². The Kier molecular flexibility index (Phi) is 5.57. The number of rotatable bonds is 5. The maximum atomic E-state index is 6.16. The largest absolute Gasteiger partial charge is 0.303 e. The summed E-state index contributed by atoms with van der Waals surface area (Å²) in [5.41, 5.74) is 2.99. The first-order valence-electron chi connectivity index (χ1n) is 6.95. The van der Waals surface area contributed by atoms with Crippen molar-refractivity contribution in [3.05, 3.63) is 57.6 Å². The summed E-state index contributed by atoms with van der Waals surface area (Å²) in [6, 6.07) is 7.62. The minimum absolute atomic E-state index is 0.142. The molecule has 2 heterocycles. The van der Waals surface area contributed by atoms with E-state index in [1.54, 1.807) is 12.1 Å². The lowest BCUT2D eigenvalue weighted by Crippen LogP contribution is -2.27. The molecule has 5 heteroatoms. The number of hydrogen-bond acceptors (Lipinski definition) is 3. The minimum atomic E-state index is 0.142. The predicted molar refractivity (Wildman–Crippen MR) is 87.6 cm³/mol. The molecule has 2 aromatic rings. The second-order valence-electron chi connectivity index (χ2n) is 5.37. The van der Waals surface area contributed by atoms with Crippen molar-refractivity contribution in [2.75, 3.05) is 0 Å². The van der Waals surface area contributed by atoms with Crippen molar-refractivity contribution in [2.24, 2.45) is 5.92 Å². The van der Waals surface area contributed by atoms with Crippen LogP contribution in [0.25, 0.3) is 0 Å². The third-order valence-corrected chi connectivity index (χ3v) is 3.94. The quantitative estimate of drug-likeness (QED) is 0.818. The minimum Gasteiger partial charge on any atom is -0.303 e. The Balaban J connectivity index is 2.18. The van der Waals surface area contributed by atoms with Gasteiger partial charge in [0.25, 0.3) is 0 Å². The van der Waals surface area contributed by atoms with Gasteiger partial charge in [-0.15, -0.1) is 0 Å². The van der Waals surface area contributed by atoms with Crippen LogP contribution in [0, 0.1) is 12.8 Å². The molecular formula is C16H19Cl2N3. The van der Waals surface area contributed by atoms with Gasteiger partial charge in [-0.1, -0.05) is 43.1 Å². The number of halogens is 2. The van der Waals surface area contributed by atoms with Crippen LogP contribution < -0.4 is 5.32 Å². The van der Waals surface area contributed by atoms with Crippen molar-refractivity contribution < 1.29 is 0 Å². The number of pyridine rings is 2. The van der Waals surface area contributed by atoms with Crippen molar-refractivity contribution in [3.8, 4) is 0 Å². The summed E-state index contributed by atoms with van der Waals surface area (Å²) in [6.45, 7) is 6.96. The zero-order valence-electron chi connectivity index (χ0n) is 12.4. The molecule has 0 spiro atoms. The highest BCUT2D eigenvalue weighted by atomic mass is 35.5. The zero-order valence-corrected chi connectivity index (χ0v) is 13.9. The molecule has 0 amide bonds. The Morgan fingerprint density at radius 3 is 2.62 bits per heavy atom. The molecular weight excluding hydrogens is 305 g/mol. The highest BCUT2D eigenvalue weighted by molar-refractivity contribution is 6.32. The Morgan fingerprint density at radius 2 is 1.95 bits per heavy atom. The average Bonchev–Trinajstić information content (AvgIpc) is 2.44. The predicted octanol–water partition coefficient (Wildman–Crippen LogP) is 4.58. The molecule has 0 aliphatic heterocycles. The molecule has 2 aromatic heterocycles. The van der Waals surface area contributed by atoms with Crippen LogP contribution in [0.3, 0.4) is 0 Å². The van der Waals surface area contributed by atoms with E-state index in [1.165, 1.54) is 5.56 Å². The summed E-state index contributed by atoms with van der Waals surface area (Å²) in [4.78, 5) is 8.78. The van der Waals surface area contributed by atoms with Crippen molar-refractivity contribution >= 4 is 23.2 Å². The summed E-state index contributed by atoms with van der Waals surface area (Å²) in [5.74, 6) is 0.400. The van der Waals surface area contributed by atoms with Gasteiger partial charge in [0.15, 0.2) is 0 Å². The van der Waals surface area contributed by atoms with Crippen LogP contribution in [-0.4, -0.2) is 9.97 Å². The van der Waals surface area contributed by atoms with Crippen LogP contribution in [0.1, 0.15) is 36.8 Å². The lowest BCUT2D eigenvalue weighted by molar-refractivity contribution is 0.398. The van der Waals surface area contributed by atoms with Crippen molar-refractivity contribution in [1.29, 1.82) is 0 Å². The van der Waals surface area contributed by atoms with E-state index in [0.29, 0.717) is 22.6 Å². The van der Waals surface area contributed by atoms with Gasteiger partial charge in [-0.3, -0.25) is 4.98 Å². The number of nitrogens with one attached hydrogen (secondary N) is 1. The molecule has 1 atom stereocenters. The molecule has 0 aliphatic rings. The van der Waals surface area contributed by atoms with Crippen molar-refractivity contribution in [3.63, 3.8) is 0 Å². The summed E-state index contributed by atoms with van der Waals surface area (Å²) >= 11 is 12.1. The van der Waals surface area contributed by atoms with Crippen LogP contribution in [-0.2, 0) is 6.54 Å². The van der Waals surface area contributed by atoms with Crippen LogP contribution in [0.5, 0.6) is 0 Å². The third kappa shape index (κ3) is 4.16. The molecule has 2 rings (SSSR count). The zero-order chi connectivity index (χ0) is 15.4. The maximum absolute atomic E-state index is 6.16. The molecule has 112 valence electrons. The number of aromatic nitrogens is 2. The Bertz CT molecular complexity index is 614. The number of nitrogens with zero attached hydrogens (tertiary/aromatic N) is 2. The van der Waals surface area contributed by atoms with Crippen LogP contribution in [0.2, 0.25) is 10.2 Å². The first kappa shape index (κ1) is 16.2. The third-order valence-electron chi connectivity index (χ3n) is 3.39. The number of aryl methyl sites for hydroxylation is 1. The van der Waals surface area contributed by atoms with Crippen molar-refractivity contribution in [1.82, 2.24) is 15.3 Å². The Hall–Kier alpha value is -1.16. The molecule has 21 heavy (non-hydrogen) atoms. The standard InChI is InChI=1S/C16H19Cl2N3/c1-10(2)15(16-11(3)5-4-8-19-16)20-9-13-12(17)6-7-14(18)21-13/h4-8,10,15,20H,9H2,1-3H3/t15-/m0/s1. The molecule has 0 bridgehead atoms. The van der Waals surface area contributed by atoms with E-state index >= 15 is 0 Å². The molecule has 0 fully saturated rings. The van der Waals surface area contributed by atoms with Crippen LogP contribution >= 0.6 is 23.2 Å². The summed E-state index contributed by atoms with van der Waals surface area (Å²) in [7, 11) is 0.